The molecule has 0 amide bonds. The Morgan fingerprint density at radius 2 is 2.00 bits per heavy atom. The van der Waals surface area contributed by atoms with E-state index < -0.39 is 17.6 Å². The summed E-state index contributed by atoms with van der Waals surface area (Å²) in [5.74, 6) is -0.705. The van der Waals surface area contributed by atoms with Gasteiger partial charge < -0.3 is 5.32 Å². The molecule has 0 radical (unpaired) electrons. The monoisotopic (exact) mass is 233 g/mol. The van der Waals surface area contributed by atoms with E-state index in [-0.39, 0.29) is 11.5 Å². The van der Waals surface area contributed by atoms with Gasteiger partial charge in [-0.05, 0) is 36.7 Å². The van der Waals surface area contributed by atoms with Gasteiger partial charge in [-0.25, -0.2) is 4.39 Å². The van der Waals surface area contributed by atoms with E-state index in [9.17, 15) is 17.6 Å². The Balaban J connectivity index is 2.36. The highest BCUT2D eigenvalue weighted by Crippen LogP contribution is 2.33. The Hall–Kier alpha value is -1.10. The highest BCUT2D eigenvalue weighted by atomic mass is 19.4. The van der Waals surface area contributed by atoms with Gasteiger partial charge in [0.1, 0.15) is 5.82 Å². The number of hydrogen-bond donors (Lipinski definition) is 1. The molecule has 0 aliphatic carbocycles. The van der Waals surface area contributed by atoms with Crippen LogP contribution in [0.25, 0.3) is 0 Å². The molecule has 1 fully saturated rings. The molecule has 0 aromatic heterocycles. The molecule has 1 heterocycles. The summed E-state index contributed by atoms with van der Waals surface area (Å²) in [6.07, 6.45) is -3.73. The summed E-state index contributed by atoms with van der Waals surface area (Å²) in [6.45, 7) is 1.26. The second-order valence-corrected chi connectivity index (χ2v) is 3.92. The van der Waals surface area contributed by atoms with Gasteiger partial charge in [0.25, 0.3) is 0 Å². The lowest BCUT2D eigenvalue weighted by Gasteiger charge is -2.13. The molecule has 1 atom stereocenters. The molecule has 1 aliphatic heterocycles. The number of nitrogens with one attached hydrogen (secondary N) is 1. The van der Waals surface area contributed by atoms with E-state index in [0.717, 1.165) is 24.7 Å². The van der Waals surface area contributed by atoms with Gasteiger partial charge in [0, 0.05) is 12.5 Å². The summed E-state index contributed by atoms with van der Waals surface area (Å²) in [5, 5.41) is 3.01. The molecule has 1 saturated heterocycles. The van der Waals surface area contributed by atoms with Gasteiger partial charge in [-0.1, -0.05) is 0 Å². The summed E-state index contributed by atoms with van der Waals surface area (Å²) < 4.78 is 50.8. The molecule has 5 heteroatoms. The number of rotatable bonds is 1. The average molecular weight is 233 g/mol. The van der Waals surface area contributed by atoms with Gasteiger partial charge in [-0.2, -0.15) is 13.2 Å². The zero-order chi connectivity index (χ0) is 11.8. The summed E-state index contributed by atoms with van der Waals surface area (Å²) in [4.78, 5) is 0. The Morgan fingerprint density at radius 3 is 2.56 bits per heavy atom. The Morgan fingerprint density at radius 1 is 1.25 bits per heavy atom. The number of hydrogen-bond acceptors (Lipinski definition) is 1. The van der Waals surface area contributed by atoms with Crippen molar-refractivity contribution in [2.24, 2.45) is 0 Å². The van der Waals surface area contributed by atoms with Crippen LogP contribution in [0.1, 0.15) is 23.5 Å². The van der Waals surface area contributed by atoms with Gasteiger partial charge in [-0.3, -0.25) is 0 Å². The van der Waals surface area contributed by atoms with E-state index in [0.29, 0.717) is 13.0 Å². The van der Waals surface area contributed by atoms with Crippen molar-refractivity contribution in [2.75, 3.05) is 13.1 Å². The van der Waals surface area contributed by atoms with Crippen molar-refractivity contribution in [2.45, 2.75) is 18.5 Å². The van der Waals surface area contributed by atoms with E-state index in [1.165, 1.54) is 0 Å². The Labute approximate surface area is 90.5 Å². The third-order valence-corrected chi connectivity index (χ3v) is 2.82. The van der Waals surface area contributed by atoms with Crippen LogP contribution in [0.2, 0.25) is 0 Å². The van der Waals surface area contributed by atoms with Crippen molar-refractivity contribution in [3.63, 3.8) is 0 Å². The maximum absolute atomic E-state index is 13.4. The zero-order valence-electron chi connectivity index (χ0n) is 8.44. The molecule has 1 nitrogen and oxygen atoms in total. The first kappa shape index (κ1) is 11.4. The van der Waals surface area contributed by atoms with E-state index >= 15 is 0 Å². The zero-order valence-corrected chi connectivity index (χ0v) is 8.44. The van der Waals surface area contributed by atoms with Crippen LogP contribution in [0.15, 0.2) is 18.2 Å². The molecule has 1 N–H and O–H groups in total. The fourth-order valence-corrected chi connectivity index (χ4v) is 1.95. The smallest absolute Gasteiger partial charge is 0.316 e. The maximum atomic E-state index is 13.4. The van der Waals surface area contributed by atoms with Gasteiger partial charge >= 0.3 is 6.18 Å². The van der Waals surface area contributed by atoms with E-state index in [1.807, 2.05) is 0 Å². The summed E-state index contributed by atoms with van der Waals surface area (Å²) in [6, 6.07) is 2.60. The van der Waals surface area contributed by atoms with Crippen LogP contribution in [0.3, 0.4) is 0 Å². The van der Waals surface area contributed by atoms with Crippen molar-refractivity contribution in [3.05, 3.63) is 35.1 Å². The molecular weight excluding hydrogens is 222 g/mol. The van der Waals surface area contributed by atoms with Crippen LogP contribution >= 0.6 is 0 Å². The highest BCUT2D eigenvalue weighted by molar-refractivity contribution is 5.30. The van der Waals surface area contributed by atoms with Gasteiger partial charge in [0.2, 0.25) is 0 Å². The molecule has 1 aromatic carbocycles. The SMILES string of the molecule is Fc1ccc(C(F)(F)F)cc1C1CCNC1. The van der Waals surface area contributed by atoms with Crippen LogP contribution in [0.4, 0.5) is 17.6 Å². The highest BCUT2D eigenvalue weighted by Gasteiger charge is 2.32. The molecule has 0 saturated carbocycles. The number of alkyl halides is 3. The first-order valence-electron chi connectivity index (χ1n) is 5.06. The summed E-state index contributed by atoms with van der Waals surface area (Å²) >= 11 is 0. The van der Waals surface area contributed by atoms with Crippen LogP contribution in [0.5, 0.6) is 0 Å². The molecule has 2 rings (SSSR count). The lowest BCUT2D eigenvalue weighted by Crippen LogP contribution is -2.11. The fraction of sp³-hybridized carbons (Fsp3) is 0.455. The normalized spacial score (nSPS) is 21.4. The van der Waals surface area contributed by atoms with E-state index in [2.05, 4.69) is 5.32 Å². The lowest BCUT2D eigenvalue weighted by atomic mass is 9.96. The minimum Gasteiger partial charge on any atom is -0.316 e. The third-order valence-electron chi connectivity index (χ3n) is 2.82. The number of benzene rings is 1. The van der Waals surface area contributed by atoms with Crippen molar-refractivity contribution in [3.8, 4) is 0 Å². The summed E-state index contributed by atoms with van der Waals surface area (Å²) in [7, 11) is 0. The topological polar surface area (TPSA) is 12.0 Å². The average Bonchev–Trinajstić information content (AvgIpc) is 2.69. The van der Waals surface area contributed by atoms with Crippen molar-refractivity contribution < 1.29 is 17.6 Å². The third kappa shape index (κ3) is 2.19. The minimum absolute atomic E-state index is 0.151. The predicted octanol–water partition coefficient (Wildman–Crippen LogP) is 2.92. The second kappa shape index (κ2) is 4.05. The van der Waals surface area contributed by atoms with Crippen molar-refractivity contribution in [1.29, 1.82) is 0 Å². The van der Waals surface area contributed by atoms with Gasteiger partial charge in [-0.15, -0.1) is 0 Å². The first-order chi connectivity index (χ1) is 7.48. The van der Waals surface area contributed by atoms with Crippen molar-refractivity contribution in [1.82, 2.24) is 5.32 Å². The molecule has 0 bridgehead atoms. The maximum Gasteiger partial charge on any atom is 0.416 e. The molecular formula is C11H11F4N. The molecule has 16 heavy (non-hydrogen) atoms. The molecule has 88 valence electrons. The van der Waals surface area contributed by atoms with Crippen molar-refractivity contribution >= 4 is 0 Å². The van der Waals surface area contributed by atoms with Crippen LogP contribution < -0.4 is 5.32 Å². The largest absolute Gasteiger partial charge is 0.416 e. The minimum atomic E-state index is -4.41. The van der Waals surface area contributed by atoms with E-state index in [4.69, 9.17) is 0 Å². The quantitative estimate of drug-likeness (QED) is 0.735. The van der Waals surface area contributed by atoms with Gasteiger partial charge in [0.15, 0.2) is 0 Å². The molecule has 1 aliphatic rings. The Kier molecular flexibility index (Phi) is 2.88. The fourth-order valence-electron chi connectivity index (χ4n) is 1.95. The second-order valence-electron chi connectivity index (χ2n) is 3.92. The van der Waals surface area contributed by atoms with E-state index in [1.54, 1.807) is 0 Å². The Bertz CT molecular complexity index is 380. The van der Waals surface area contributed by atoms with Crippen LogP contribution in [-0.4, -0.2) is 13.1 Å². The lowest BCUT2D eigenvalue weighted by molar-refractivity contribution is -0.137. The predicted molar refractivity (Wildman–Crippen MR) is 51.6 cm³/mol. The first-order valence-corrected chi connectivity index (χ1v) is 5.06. The van der Waals surface area contributed by atoms with Crippen LogP contribution in [-0.2, 0) is 6.18 Å². The standard InChI is InChI=1S/C11H11F4N/c12-10-2-1-8(11(13,14)15)5-9(10)7-3-4-16-6-7/h1-2,5,7,16H,3-4,6H2. The van der Waals surface area contributed by atoms with Gasteiger partial charge in [0.05, 0.1) is 5.56 Å². The molecule has 0 spiro atoms. The molecule has 1 unspecified atom stereocenters. The summed E-state index contributed by atoms with van der Waals surface area (Å²) in [5.41, 5.74) is -0.615. The molecule has 1 aromatic rings. The van der Waals surface area contributed by atoms with Crippen LogP contribution in [0, 0.1) is 5.82 Å². The number of halogens is 4.